The number of hydrogen-bond acceptors (Lipinski definition) is 7. The van der Waals surface area contributed by atoms with Crippen LogP contribution in [0.3, 0.4) is 0 Å². The number of aromatic nitrogens is 4. The Labute approximate surface area is 197 Å². The molecule has 0 aliphatic heterocycles. The Balaban J connectivity index is 1.62. The molecule has 0 aliphatic carbocycles. The van der Waals surface area contributed by atoms with Crippen LogP contribution in [-0.2, 0) is 0 Å². The van der Waals surface area contributed by atoms with Crippen molar-refractivity contribution < 1.29 is 14.2 Å². The van der Waals surface area contributed by atoms with Crippen molar-refractivity contribution in [3.63, 3.8) is 0 Å². The van der Waals surface area contributed by atoms with Crippen molar-refractivity contribution in [1.82, 2.24) is 19.8 Å². The van der Waals surface area contributed by atoms with Crippen molar-refractivity contribution >= 4 is 27.9 Å². The third-order valence-electron chi connectivity index (χ3n) is 5.42. The molecule has 172 valence electrons. The van der Waals surface area contributed by atoms with Gasteiger partial charge in [0, 0.05) is 28.1 Å². The summed E-state index contributed by atoms with van der Waals surface area (Å²) in [4.78, 5) is 0. The maximum Gasteiger partial charge on any atom is 0.186 e. The lowest BCUT2D eigenvalue weighted by molar-refractivity contribution is 0.288. The van der Waals surface area contributed by atoms with Gasteiger partial charge in [0.25, 0.3) is 0 Å². The summed E-state index contributed by atoms with van der Waals surface area (Å²) in [5.41, 5.74) is 2.42. The standard InChI is InChI=1S/C26H25N5O3/c1-4-33-22-15-12-18(16-23(22)34-5-2)27-24-20-8-6-7-9-21(20)26-29-28-25(31(26)30-24)17-10-13-19(32-3)14-11-17/h6-16H,4-5H2,1-3H3,(H,27,30). The van der Waals surface area contributed by atoms with Gasteiger partial charge in [0.15, 0.2) is 28.8 Å². The molecule has 0 saturated carbocycles. The van der Waals surface area contributed by atoms with Gasteiger partial charge in [-0.2, -0.15) is 4.52 Å². The van der Waals surface area contributed by atoms with E-state index in [0.29, 0.717) is 42.0 Å². The van der Waals surface area contributed by atoms with Gasteiger partial charge in [-0.15, -0.1) is 15.3 Å². The van der Waals surface area contributed by atoms with Gasteiger partial charge >= 0.3 is 0 Å². The van der Waals surface area contributed by atoms with E-state index >= 15 is 0 Å². The number of fused-ring (bicyclic) bond motifs is 3. The lowest BCUT2D eigenvalue weighted by atomic mass is 10.1. The van der Waals surface area contributed by atoms with E-state index in [9.17, 15) is 0 Å². The summed E-state index contributed by atoms with van der Waals surface area (Å²) >= 11 is 0. The van der Waals surface area contributed by atoms with E-state index in [4.69, 9.17) is 19.3 Å². The molecule has 0 amide bonds. The molecule has 0 saturated heterocycles. The zero-order valence-electron chi connectivity index (χ0n) is 19.3. The summed E-state index contributed by atoms with van der Waals surface area (Å²) in [5, 5.41) is 19.1. The molecule has 8 nitrogen and oxygen atoms in total. The van der Waals surface area contributed by atoms with Crippen LogP contribution in [0.15, 0.2) is 66.7 Å². The molecule has 34 heavy (non-hydrogen) atoms. The van der Waals surface area contributed by atoms with Gasteiger partial charge in [-0.25, -0.2) is 0 Å². The predicted octanol–water partition coefficient (Wildman–Crippen LogP) is 5.49. The van der Waals surface area contributed by atoms with E-state index in [2.05, 4.69) is 15.5 Å². The second kappa shape index (κ2) is 9.27. The van der Waals surface area contributed by atoms with Crippen LogP contribution < -0.4 is 19.5 Å². The van der Waals surface area contributed by atoms with Gasteiger partial charge in [-0.1, -0.05) is 24.3 Å². The van der Waals surface area contributed by atoms with Crippen LogP contribution >= 0.6 is 0 Å². The van der Waals surface area contributed by atoms with E-state index in [0.717, 1.165) is 27.8 Å². The van der Waals surface area contributed by atoms with Crippen molar-refractivity contribution in [2.45, 2.75) is 13.8 Å². The first kappa shape index (κ1) is 21.5. The van der Waals surface area contributed by atoms with Crippen LogP contribution in [0, 0.1) is 0 Å². The Morgan fingerprint density at radius 1 is 0.824 bits per heavy atom. The van der Waals surface area contributed by atoms with Crippen LogP contribution in [0.4, 0.5) is 11.5 Å². The Hall–Kier alpha value is -4.33. The second-order valence-electron chi connectivity index (χ2n) is 7.53. The highest BCUT2D eigenvalue weighted by atomic mass is 16.5. The first-order valence-corrected chi connectivity index (χ1v) is 11.2. The molecule has 5 aromatic rings. The van der Waals surface area contributed by atoms with Gasteiger partial charge in [-0.05, 0) is 50.2 Å². The number of rotatable bonds is 8. The Bertz CT molecular complexity index is 1450. The lowest BCUT2D eigenvalue weighted by Gasteiger charge is -2.14. The summed E-state index contributed by atoms with van der Waals surface area (Å²) in [7, 11) is 1.64. The summed E-state index contributed by atoms with van der Waals surface area (Å²) in [6, 6.07) is 21.5. The SMILES string of the molecule is CCOc1ccc(Nc2nn3c(-c4ccc(OC)cc4)nnc3c3ccccc23)cc1OCC. The molecule has 3 aromatic carbocycles. The maximum absolute atomic E-state index is 5.79. The second-order valence-corrected chi connectivity index (χ2v) is 7.53. The molecular weight excluding hydrogens is 430 g/mol. The van der Waals surface area contributed by atoms with E-state index in [-0.39, 0.29) is 0 Å². The Morgan fingerprint density at radius 3 is 2.29 bits per heavy atom. The summed E-state index contributed by atoms with van der Waals surface area (Å²) in [6.07, 6.45) is 0. The van der Waals surface area contributed by atoms with Crippen molar-refractivity contribution in [3.8, 4) is 28.6 Å². The Kier molecular flexibility index (Phi) is 5.86. The third-order valence-corrected chi connectivity index (χ3v) is 5.42. The average Bonchev–Trinajstić information content (AvgIpc) is 3.30. The van der Waals surface area contributed by atoms with Crippen LogP contribution in [-0.4, -0.2) is 40.1 Å². The van der Waals surface area contributed by atoms with Crippen molar-refractivity contribution in [3.05, 3.63) is 66.7 Å². The molecule has 0 aliphatic rings. The summed E-state index contributed by atoms with van der Waals surface area (Å²) in [5.74, 6) is 3.50. The minimum Gasteiger partial charge on any atom is -0.497 e. The topological polar surface area (TPSA) is 82.8 Å². The van der Waals surface area contributed by atoms with E-state index < -0.39 is 0 Å². The van der Waals surface area contributed by atoms with Crippen LogP contribution in [0.5, 0.6) is 17.2 Å². The van der Waals surface area contributed by atoms with Crippen molar-refractivity contribution in [2.75, 3.05) is 25.6 Å². The maximum atomic E-state index is 5.79. The number of anilines is 2. The molecule has 8 heteroatoms. The van der Waals surface area contributed by atoms with Gasteiger partial charge in [0.2, 0.25) is 0 Å². The number of nitrogens with zero attached hydrogens (tertiary/aromatic N) is 4. The fourth-order valence-corrected chi connectivity index (χ4v) is 3.86. The van der Waals surface area contributed by atoms with E-state index in [1.165, 1.54) is 0 Å². The normalized spacial score (nSPS) is 11.0. The molecule has 5 rings (SSSR count). The third kappa shape index (κ3) is 3.94. The first-order valence-electron chi connectivity index (χ1n) is 11.2. The lowest BCUT2D eigenvalue weighted by Crippen LogP contribution is -2.03. The Morgan fingerprint density at radius 2 is 1.56 bits per heavy atom. The summed E-state index contributed by atoms with van der Waals surface area (Å²) < 4.78 is 18.5. The van der Waals surface area contributed by atoms with Crippen LogP contribution in [0.2, 0.25) is 0 Å². The van der Waals surface area contributed by atoms with Gasteiger partial charge in [0.05, 0.1) is 20.3 Å². The molecule has 0 unspecified atom stereocenters. The van der Waals surface area contributed by atoms with Gasteiger partial charge in [-0.3, -0.25) is 0 Å². The molecule has 2 heterocycles. The molecule has 0 fully saturated rings. The number of methoxy groups -OCH3 is 1. The van der Waals surface area contributed by atoms with Gasteiger partial charge < -0.3 is 19.5 Å². The molecular formula is C26H25N5O3. The largest absolute Gasteiger partial charge is 0.497 e. The highest BCUT2D eigenvalue weighted by Gasteiger charge is 2.16. The van der Waals surface area contributed by atoms with Crippen LogP contribution in [0.25, 0.3) is 27.8 Å². The average molecular weight is 456 g/mol. The smallest absolute Gasteiger partial charge is 0.186 e. The minimum absolute atomic E-state index is 0.544. The number of nitrogens with one attached hydrogen (secondary N) is 1. The predicted molar refractivity (Wildman–Crippen MR) is 132 cm³/mol. The molecule has 1 N–H and O–H groups in total. The molecule has 2 aromatic heterocycles. The number of benzene rings is 3. The minimum atomic E-state index is 0.544. The fraction of sp³-hybridized carbons (Fsp3) is 0.192. The monoisotopic (exact) mass is 455 g/mol. The molecule has 0 bridgehead atoms. The number of hydrogen-bond donors (Lipinski definition) is 1. The van der Waals surface area contributed by atoms with Gasteiger partial charge in [0.1, 0.15) is 5.75 Å². The number of ether oxygens (including phenoxy) is 3. The fourth-order valence-electron chi connectivity index (χ4n) is 3.86. The van der Waals surface area contributed by atoms with Crippen molar-refractivity contribution in [2.24, 2.45) is 0 Å². The van der Waals surface area contributed by atoms with E-state index in [1.54, 1.807) is 11.6 Å². The molecule has 0 radical (unpaired) electrons. The van der Waals surface area contributed by atoms with Crippen LogP contribution in [0.1, 0.15) is 13.8 Å². The van der Waals surface area contributed by atoms with E-state index in [1.807, 2.05) is 80.6 Å². The zero-order chi connectivity index (χ0) is 23.5. The van der Waals surface area contributed by atoms with Crippen molar-refractivity contribution in [1.29, 1.82) is 0 Å². The molecule has 0 atom stereocenters. The molecule has 0 spiro atoms. The quantitative estimate of drug-likeness (QED) is 0.331. The highest BCUT2D eigenvalue weighted by Crippen LogP contribution is 2.34. The zero-order valence-corrected chi connectivity index (χ0v) is 19.3. The highest BCUT2D eigenvalue weighted by molar-refractivity contribution is 6.01. The summed E-state index contributed by atoms with van der Waals surface area (Å²) in [6.45, 7) is 5.01. The first-order chi connectivity index (χ1) is 16.7.